The summed E-state index contributed by atoms with van der Waals surface area (Å²) in [7, 11) is 0. The van der Waals surface area contributed by atoms with E-state index in [1.807, 2.05) is 43.3 Å². The number of amides is 1. The zero-order valence-corrected chi connectivity index (χ0v) is 13.2. The fourth-order valence-corrected chi connectivity index (χ4v) is 2.49. The predicted octanol–water partition coefficient (Wildman–Crippen LogP) is 4.26. The number of aryl methyl sites for hydroxylation is 1. The molecule has 1 aliphatic rings. The maximum Gasteiger partial charge on any atom is 0.266 e. The summed E-state index contributed by atoms with van der Waals surface area (Å²) in [6.07, 6.45) is 2.62. The van der Waals surface area contributed by atoms with Crippen molar-refractivity contribution in [2.24, 2.45) is 5.92 Å². The Bertz CT molecular complexity index is 794. The molecular weight excluding hydrogens is 288 g/mol. The van der Waals surface area contributed by atoms with Gasteiger partial charge in [0.1, 0.15) is 23.2 Å². The van der Waals surface area contributed by atoms with E-state index < -0.39 is 5.91 Å². The Morgan fingerprint density at radius 1 is 1.30 bits per heavy atom. The molecule has 0 radical (unpaired) electrons. The lowest BCUT2D eigenvalue weighted by Crippen LogP contribution is -2.13. The van der Waals surface area contributed by atoms with Gasteiger partial charge in [-0.2, -0.15) is 5.26 Å². The molecule has 1 saturated carbocycles. The lowest BCUT2D eigenvalue weighted by molar-refractivity contribution is -0.112. The van der Waals surface area contributed by atoms with Crippen LogP contribution in [0.15, 0.2) is 46.4 Å². The summed E-state index contributed by atoms with van der Waals surface area (Å²) in [5.74, 6) is 2.16. The van der Waals surface area contributed by atoms with E-state index in [9.17, 15) is 10.1 Å². The number of carbonyl (C=O) groups excluding carboxylic acids is 1. The van der Waals surface area contributed by atoms with Crippen LogP contribution in [0.4, 0.5) is 5.69 Å². The molecule has 116 valence electrons. The summed E-state index contributed by atoms with van der Waals surface area (Å²) in [5, 5.41) is 11.9. The van der Waals surface area contributed by atoms with Crippen molar-refractivity contribution in [1.82, 2.24) is 0 Å². The van der Waals surface area contributed by atoms with Gasteiger partial charge < -0.3 is 9.73 Å². The predicted molar refractivity (Wildman–Crippen MR) is 88.6 cm³/mol. The average Bonchev–Trinajstić information content (AvgIpc) is 3.09. The molecule has 0 aliphatic heterocycles. The second kappa shape index (κ2) is 6.13. The van der Waals surface area contributed by atoms with Gasteiger partial charge in [-0.25, -0.2) is 0 Å². The molecule has 0 unspecified atom stereocenters. The third-order valence-corrected chi connectivity index (χ3v) is 4.08. The van der Waals surface area contributed by atoms with Crippen molar-refractivity contribution >= 4 is 17.7 Å². The van der Waals surface area contributed by atoms with Crippen LogP contribution in [-0.2, 0) is 4.79 Å². The Morgan fingerprint density at radius 2 is 2.00 bits per heavy atom. The molecule has 23 heavy (non-hydrogen) atoms. The van der Waals surface area contributed by atoms with Crippen LogP contribution in [0.1, 0.15) is 36.3 Å². The third kappa shape index (κ3) is 3.51. The number of nitriles is 1. The molecular formula is C19H18N2O2. The van der Waals surface area contributed by atoms with Crippen molar-refractivity contribution in [3.05, 3.63) is 59.1 Å². The standard InChI is InChI=1S/C19H18N2O2/c1-12-3-5-15(6-4-12)21-19(22)14(11-20)10-16-7-8-18(23-16)17-9-13(17)2/h3-8,10,13,17H,9H2,1-2H3,(H,21,22)/b14-10+/t13-,17-/m0/s1. The molecule has 0 bridgehead atoms. The minimum atomic E-state index is -0.436. The molecule has 0 spiro atoms. The molecule has 1 aliphatic carbocycles. The quantitative estimate of drug-likeness (QED) is 0.678. The van der Waals surface area contributed by atoms with Crippen molar-refractivity contribution in [1.29, 1.82) is 5.26 Å². The highest BCUT2D eigenvalue weighted by molar-refractivity contribution is 6.09. The van der Waals surface area contributed by atoms with Gasteiger partial charge in [-0.05, 0) is 43.5 Å². The lowest BCUT2D eigenvalue weighted by Gasteiger charge is -2.04. The minimum absolute atomic E-state index is 0.0234. The van der Waals surface area contributed by atoms with E-state index in [-0.39, 0.29) is 5.57 Å². The number of rotatable bonds is 4. The van der Waals surface area contributed by atoms with Gasteiger partial charge in [-0.1, -0.05) is 24.6 Å². The van der Waals surface area contributed by atoms with Gasteiger partial charge >= 0.3 is 0 Å². The van der Waals surface area contributed by atoms with Crippen LogP contribution < -0.4 is 5.32 Å². The molecule has 1 aromatic carbocycles. The number of nitrogens with one attached hydrogen (secondary N) is 1. The topological polar surface area (TPSA) is 66.0 Å². The number of nitrogens with zero attached hydrogens (tertiary/aromatic N) is 1. The molecule has 2 atom stereocenters. The smallest absolute Gasteiger partial charge is 0.266 e. The third-order valence-electron chi connectivity index (χ3n) is 4.08. The van der Waals surface area contributed by atoms with Crippen molar-refractivity contribution in [3.63, 3.8) is 0 Å². The Kier molecular flexibility index (Phi) is 4.03. The first kappa shape index (κ1) is 15.1. The van der Waals surface area contributed by atoms with Gasteiger partial charge in [0.05, 0.1) is 0 Å². The highest BCUT2D eigenvalue weighted by Gasteiger charge is 2.36. The summed E-state index contributed by atoms with van der Waals surface area (Å²) in [6, 6.07) is 13.1. The van der Waals surface area contributed by atoms with Gasteiger partial charge in [0.25, 0.3) is 5.91 Å². The zero-order valence-electron chi connectivity index (χ0n) is 13.2. The monoisotopic (exact) mass is 306 g/mol. The van der Waals surface area contributed by atoms with Crippen molar-refractivity contribution in [2.45, 2.75) is 26.2 Å². The van der Waals surface area contributed by atoms with Crippen molar-refractivity contribution < 1.29 is 9.21 Å². The summed E-state index contributed by atoms with van der Waals surface area (Å²) in [5.41, 5.74) is 1.79. The number of carbonyl (C=O) groups is 1. The molecule has 3 rings (SSSR count). The maximum absolute atomic E-state index is 12.2. The van der Waals surface area contributed by atoms with Crippen LogP contribution in [0.3, 0.4) is 0 Å². The fourth-order valence-electron chi connectivity index (χ4n) is 2.49. The summed E-state index contributed by atoms with van der Waals surface area (Å²) in [4.78, 5) is 12.2. The molecule has 1 amide bonds. The van der Waals surface area contributed by atoms with E-state index in [0.717, 1.165) is 17.7 Å². The summed E-state index contributed by atoms with van der Waals surface area (Å²) < 4.78 is 5.72. The second-order valence-electron chi connectivity index (χ2n) is 6.05. The molecule has 1 aromatic heterocycles. The summed E-state index contributed by atoms with van der Waals surface area (Å²) in [6.45, 7) is 4.15. The van der Waals surface area contributed by atoms with Gasteiger partial charge in [-0.3, -0.25) is 4.79 Å². The lowest BCUT2D eigenvalue weighted by atomic mass is 10.2. The first-order valence-corrected chi connectivity index (χ1v) is 7.66. The van der Waals surface area contributed by atoms with Gasteiger partial charge in [-0.15, -0.1) is 0 Å². The van der Waals surface area contributed by atoms with Gasteiger partial charge in [0.2, 0.25) is 0 Å². The highest BCUT2D eigenvalue weighted by atomic mass is 16.3. The molecule has 1 fully saturated rings. The van der Waals surface area contributed by atoms with Gasteiger partial charge in [0, 0.05) is 17.7 Å². The van der Waals surface area contributed by atoms with Crippen molar-refractivity contribution in [2.75, 3.05) is 5.32 Å². The number of hydrogen-bond acceptors (Lipinski definition) is 3. The Labute approximate surface area is 135 Å². The van der Waals surface area contributed by atoms with E-state index in [1.165, 1.54) is 6.08 Å². The van der Waals surface area contributed by atoms with Crippen LogP contribution in [-0.4, -0.2) is 5.91 Å². The van der Waals surface area contributed by atoms with Crippen molar-refractivity contribution in [3.8, 4) is 6.07 Å². The largest absolute Gasteiger partial charge is 0.461 e. The highest BCUT2D eigenvalue weighted by Crippen LogP contribution is 2.47. The molecule has 4 nitrogen and oxygen atoms in total. The van der Waals surface area contributed by atoms with Crippen LogP contribution in [0.25, 0.3) is 6.08 Å². The van der Waals surface area contributed by atoms with E-state index in [2.05, 4.69) is 12.2 Å². The van der Waals surface area contributed by atoms with Crippen LogP contribution >= 0.6 is 0 Å². The molecule has 1 heterocycles. The molecule has 0 saturated heterocycles. The second-order valence-corrected chi connectivity index (χ2v) is 6.05. The van der Waals surface area contributed by atoms with E-state index in [4.69, 9.17) is 4.42 Å². The summed E-state index contributed by atoms with van der Waals surface area (Å²) >= 11 is 0. The minimum Gasteiger partial charge on any atom is -0.461 e. The Morgan fingerprint density at radius 3 is 2.61 bits per heavy atom. The normalized spacial score (nSPS) is 20.0. The fraction of sp³-hybridized carbons (Fsp3) is 0.263. The number of furan rings is 1. The first-order chi connectivity index (χ1) is 11.1. The SMILES string of the molecule is Cc1ccc(NC(=O)/C(C#N)=C/c2ccc([C@H]3C[C@@H]3C)o2)cc1. The Balaban J connectivity index is 1.73. The van der Waals surface area contributed by atoms with Crippen LogP contribution in [0, 0.1) is 24.2 Å². The van der Waals surface area contributed by atoms with Crippen LogP contribution in [0.5, 0.6) is 0 Å². The van der Waals surface area contributed by atoms with E-state index in [1.54, 1.807) is 6.07 Å². The number of anilines is 1. The number of hydrogen-bond donors (Lipinski definition) is 1. The average molecular weight is 306 g/mol. The van der Waals surface area contributed by atoms with E-state index >= 15 is 0 Å². The maximum atomic E-state index is 12.2. The Hall–Kier alpha value is -2.80. The van der Waals surface area contributed by atoms with Gasteiger partial charge in [0.15, 0.2) is 0 Å². The molecule has 2 aromatic rings. The number of benzene rings is 1. The van der Waals surface area contributed by atoms with Crippen LogP contribution in [0.2, 0.25) is 0 Å². The first-order valence-electron chi connectivity index (χ1n) is 7.66. The molecule has 4 heteroatoms. The zero-order chi connectivity index (χ0) is 16.4. The molecule has 1 N–H and O–H groups in total. The van der Waals surface area contributed by atoms with E-state index in [0.29, 0.717) is 23.3 Å².